The normalized spacial score (nSPS) is 19.1. The Hall–Kier alpha value is 0.640. The first kappa shape index (κ1) is 19.6. The zero-order chi connectivity index (χ0) is 12.1. The Morgan fingerprint density at radius 2 is 1.26 bits per heavy atom. The summed E-state index contributed by atoms with van der Waals surface area (Å²) in [4.78, 5) is 0. The van der Waals surface area contributed by atoms with Crippen LogP contribution in [0.3, 0.4) is 0 Å². The van der Waals surface area contributed by atoms with Crippen molar-refractivity contribution < 1.29 is 48.0 Å². The van der Waals surface area contributed by atoms with Crippen LogP contribution >= 0.6 is 0 Å². The monoisotopic (exact) mass is 390 g/mol. The van der Waals surface area contributed by atoms with Crippen LogP contribution in [0.4, 0.5) is 0 Å². The molecule has 3 rings (SSSR count). The third-order valence-corrected chi connectivity index (χ3v) is 8.70. The van der Waals surface area contributed by atoms with Crippen molar-refractivity contribution in [2.24, 2.45) is 0 Å². The van der Waals surface area contributed by atoms with Gasteiger partial charge in [0.25, 0.3) is 0 Å². The molecule has 1 aliphatic heterocycles. The van der Waals surface area contributed by atoms with Gasteiger partial charge in [-0.25, -0.2) is 0 Å². The molecule has 0 aromatic heterocycles. The summed E-state index contributed by atoms with van der Waals surface area (Å²) < 4.78 is 3.49. The molecule has 0 aromatic rings. The SMILES string of the molecule is C1C[SiH2]C1.CC1=CC[C]([Zr+2][C]2=CC(C)=CC2)=C1.[Cl-].[Cl-]. The average Bonchev–Trinajstić information content (AvgIpc) is 2.74. The van der Waals surface area contributed by atoms with Crippen molar-refractivity contribution in [2.45, 2.75) is 45.2 Å². The Kier molecular flexibility index (Phi) is 10.7. The van der Waals surface area contributed by atoms with E-state index in [4.69, 9.17) is 0 Å². The van der Waals surface area contributed by atoms with Gasteiger partial charge in [0, 0.05) is 9.52 Å². The van der Waals surface area contributed by atoms with Crippen LogP contribution in [-0.4, -0.2) is 9.52 Å². The molecule has 2 aliphatic carbocycles. The van der Waals surface area contributed by atoms with Crippen molar-refractivity contribution in [1.82, 2.24) is 0 Å². The zero-order valence-electron chi connectivity index (χ0n) is 11.8. The Labute approximate surface area is 144 Å². The Bertz CT molecular complexity index is 366. The van der Waals surface area contributed by atoms with Gasteiger partial charge in [0.15, 0.2) is 0 Å². The molecule has 1 heterocycles. The summed E-state index contributed by atoms with van der Waals surface area (Å²) in [6, 6.07) is 3.28. The molecule has 4 heteroatoms. The van der Waals surface area contributed by atoms with E-state index in [-0.39, 0.29) is 48.0 Å². The summed E-state index contributed by atoms with van der Waals surface area (Å²) in [6.45, 7) is 4.41. The first-order chi connectivity index (χ1) is 8.24. The molecule has 0 saturated carbocycles. The van der Waals surface area contributed by atoms with Crippen LogP contribution in [0.1, 0.15) is 33.1 Å². The Morgan fingerprint density at radius 3 is 1.47 bits per heavy atom. The van der Waals surface area contributed by atoms with Gasteiger partial charge in [-0.2, -0.15) is 0 Å². The second-order valence-corrected chi connectivity index (χ2v) is 11.1. The molecule has 0 nitrogen and oxygen atoms in total. The van der Waals surface area contributed by atoms with E-state index in [2.05, 4.69) is 38.2 Å². The van der Waals surface area contributed by atoms with Crippen molar-refractivity contribution in [3.8, 4) is 0 Å². The van der Waals surface area contributed by atoms with E-state index in [0.29, 0.717) is 9.52 Å². The summed E-state index contributed by atoms with van der Waals surface area (Å²) in [6.07, 6.45) is 13.6. The van der Waals surface area contributed by atoms with Gasteiger partial charge in [0.05, 0.1) is 0 Å². The standard InChI is InChI=1S/2C6H7.C3H8Si.2ClH.Zr/c2*1-6-4-2-3-5-6;1-2-4-3-1;;;/h2*4-5H,2H2,1H3;1-4H2;2*1H;/q;;;;;+2/p-2. The second-order valence-electron chi connectivity index (χ2n) is 5.18. The maximum Gasteiger partial charge on any atom is -1.00 e. The summed E-state index contributed by atoms with van der Waals surface area (Å²) >= 11 is -0.364. The maximum absolute atomic E-state index is 2.40. The fraction of sp³-hybridized carbons (Fsp3) is 0.467. The molecule has 0 aromatic carbocycles. The molecule has 0 spiro atoms. The fourth-order valence-corrected chi connectivity index (χ4v) is 5.95. The quantitative estimate of drug-likeness (QED) is 0.474. The van der Waals surface area contributed by atoms with Crippen LogP contribution in [0.15, 0.2) is 42.0 Å². The molecule has 0 atom stereocenters. The minimum atomic E-state index is -0.364. The predicted molar refractivity (Wildman–Crippen MR) is 75.7 cm³/mol. The van der Waals surface area contributed by atoms with Gasteiger partial charge in [-0.3, -0.25) is 0 Å². The van der Waals surface area contributed by atoms with E-state index in [1.807, 2.05) is 0 Å². The van der Waals surface area contributed by atoms with Crippen molar-refractivity contribution in [3.63, 3.8) is 0 Å². The largest absolute Gasteiger partial charge is 1.00 e. The first-order valence-corrected chi connectivity index (χ1v) is 11.2. The molecule has 0 N–H and O–H groups in total. The smallest absolute Gasteiger partial charge is 1.00 e. The van der Waals surface area contributed by atoms with Crippen molar-refractivity contribution in [1.29, 1.82) is 0 Å². The summed E-state index contributed by atoms with van der Waals surface area (Å²) in [5.74, 6) is 0. The van der Waals surface area contributed by atoms with Crippen LogP contribution < -0.4 is 24.8 Å². The Morgan fingerprint density at radius 1 is 0.895 bits per heavy atom. The van der Waals surface area contributed by atoms with E-state index in [0.717, 1.165) is 0 Å². The minimum absolute atomic E-state index is 0. The molecule has 3 aliphatic rings. The number of hydrogen-bond acceptors (Lipinski definition) is 0. The fourth-order valence-electron chi connectivity index (χ4n) is 1.96. The topological polar surface area (TPSA) is 0 Å². The maximum atomic E-state index is 2.40. The average molecular weight is 393 g/mol. The summed E-state index contributed by atoms with van der Waals surface area (Å²) in [7, 11) is 0.605. The summed E-state index contributed by atoms with van der Waals surface area (Å²) in [5, 5.41) is 0. The Balaban J connectivity index is 0.000000468. The molecule has 1 saturated heterocycles. The van der Waals surface area contributed by atoms with Gasteiger partial charge in [0.2, 0.25) is 0 Å². The van der Waals surface area contributed by atoms with E-state index in [1.165, 1.54) is 24.0 Å². The van der Waals surface area contributed by atoms with Crippen molar-refractivity contribution in [2.75, 3.05) is 0 Å². The molecule has 0 amide bonds. The first-order valence-electron chi connectivity index (χ1n) is 6.76. The molecular weight excluding hydrogens is 370 g/mol. The van der Waals surface area contributed by atoms with Crippen LogP contribution in [0.5, 0.6) is 0 Å². The molecule has 0 radical (unpaired) electrons. The zero-order valence-corrected chi connectivity index (χ0v) is 17.2. The second kappa shape index (κ2) is 10.4. The van der Waals surface area contributed by atoms with Gasteiger partial charge in [-0.05, 0) is 0 Å². The number of rotatable bonds is 2. The van der Waals surface area contributed by atoms with Gasteiger partial charge in [-0.15, -0.1) is 0 Å². The third-order valence-electron chi connectivity index (χ3n) is 3.41. The van der Waals surface area contributed by atoms with Crippen molar-refractivity contribution >= 4 is 9.52 Å². The summed E-state index contributed by atoms with van der Waals surface area (Å²) in [5.41, 5.74) is 2.94. The third kappa shape index (κ3) is 7.27. The molecule has 1 fully saturated rings. The van der Waals surface area contributed by atoms with Crippen LogP contribution in [0, 0.1) is 0 Å². The van der Waals surface area contributed by atoms with Crippen LogP contribution in [0.25, 0.3) is 0 Å². The van der Waals surface area contributed by atoms with Crippen LogP contribution in [0.2, 0.25) is 12.1 Å². The molecule has 0 bridgehead atoms. The van der Waals surface area contributed by atoms with Gasteiger partial charge < -0.3 is 24.8 Å². The van der Waals surface area contributed by atoms with Gasteiger partial charge in [-0.1, -0.05) is 18.5 Å². The predicted octanol–water partition coefficient (Wildman–Crippen LogP) is -2.06. The molecular formula is C15H22Cl2SiZr. The molecule has 19 heavy (non-hydrogen) atoms. The van der Waals surface area contributed by atoms with E-state index in [9.17, 15) is 0 Å². The van der Waals surface area contributed by atoms with Gasteiger partial charge in [0.1, 0.15) is 0 Å². The van der Waals surface area contributed by atoms with E-state index in [1.54, 1.807) is 25.1 Å². The number of hydrogen-bond donors (Lipinski definition) is 0. The number of allylic oxidation sites excluding steroid dienone is 8. The van der Waals surface area contributed by atoms with E-state index < -0.39 is 0 Å². The molecule has 104 valence electrons. The van der Waals surface area contributed by atoms with E-state index >= 15 is 0 Å². The molecule has 0 unspecified atom stereocenters. The van der Waals surface area contributed by atoms with Crippen molar-refractivity contribution in [3.05, 3.63) is 42.0 Å². The van der Waals surface area contributed by atoms with Gasteiger partial charge >= 0.3 is 91.9 Å². The van der Waals surface area contributed by atoms with Crippen LogP contribution in [-0.2, 0) is 23.2 Å². The number of halogens is 2. The minimum Gasteiger partial charge on any atom is -1.00 e.